The molecule has 0 saturated heterocycles. The average molecular weight is 252 g/mol. The second-order valence-corrected chi connectivity index (χ2v) is 3.73. The number of rotatable bonds is 3. The molecule has 1 aromatic heterocycles. The van der Waals surface area contributed by atoms with Gasteiger partial charge in [0.2, 0.25) is 0 Å². The van der Waals surface area contributed by atoms with Gasteiger partial charge in [0.25, 0.3) is 0 Å². The van der Waals surface area contributed by atoms with Crippen molar-refractivity contribution in [2.75, 3.05) is 0 Å². The van der Waals surface area contributed by atoms with Crippen molar-refractivity contribution >= 4 is 6.08 Å². The summed E-state index contributed by atoms with van der Waals surface area (Å²) in [6.07, 6.45) is 0.546. The van der Waals surface area contributed by atoms with Crippen LogP contribution in [0, 0.1) is 0 Å². The lowest BCUT2D eigenvalue weighted by molar-refractivity contribution is -0.141. The first kappa shape index (κ1) is 12.4. The third kappa shape index (κ3) is 3.23. The van der Waals surface area contributed by atoms with Gasteiger partial charge in [-0.15, -0.1) is 0 Å². The van der Waals surface area contributed by atoms with Crippen LogP contribution in [0.4, 0.5) is 13.2 Å². The molecule has 2 nitrogen and oxygen atoms in total. The van der Waals surface area contributed by atoms with E-state index in [0.29, 0.717) is 6.54 Å². The zero-order valence-corrected chi connectivity index (χ0v) is 9.43. The van der Waals surface area contributed by atoms with Crippen LogP contribution in [-0.4, -0.2) is 9.78 Å². The Balaban J connectivity index is 1.99. The maximum atomic E-state index is 12.3. The molecule has 0 amide bonds. The van der Waals surface area contributed by atoms with Gasteiger partial charge in [-0.1, -0.05) is 42.5 Å². The normalized spacial score (nSPS) is 12.2. The van der Waals surface area contributed by atoms with Crippen LogP contribution in [-0.2, 0) is 12.7 Å². The highest BCUT2D eigenvalue weighted by Crippen LogP contribution is 2.27. The number of alkyl halides is 3. The highest BCUT2D eigenvalue weighted by atomic mass is 19.4. The van der Waals surface area contributed by atoms with Crippen molar-refractivity contribution in [2.24, 2.45) is 0 Å². The van der Waals surface area contributed by atoms with Gasteiger partial charge in [-0.05, 0) is 11.6 Å². The van der Waals surface area contributed by atoms with Crippen molar-refractivity contribution in [3.8, 4) is 0 Å². The maximum absolute atomic E-state index is 12.3. The molecule has 18 heavy (non-hydrogen) atoms. The zero-order valence-electron chi connectivity index (χ0n) is 9.43. The summed E-state index contributed by atoms with van der Waals surface area (Å²) in [6.45, 7) is 0.310. The fourth-order valence-corrected chi connectivity index (χ4v) is 1.48. The summed E-state index contributed by atoms with van der Waals surface area (Å²) in [5, 5.41) is 3.45. The Morgan fingerprint density at radius 3 is 2.44 bits per heavy atom. The van der Waals surface area contributed by atoms with Crippen LogP contribution in [0.1, 0.15) is 11.3 Å². The molecular weight excluding hydrogens is 241 g/mol. The van der Waals surface area contributed by atoms with E-state index in [4.69, 9.17) is 0 Å². The lowest BCUT2D eigenvalue weighted by atomic mass is 10.2. The van der Waals surface area contributed by atoms with E-state index >= 15 is 0 Å². The van der Waals surface area contributed by atoms with E-state index in [2.05, 4.69) is 5.10 Å². The summed E-state index contributed by atoms with van der Waals surface area (Å²) < 4.78 is 38.1. The van der Waals surface area contributed by atoms with Crippen molar-refractivity contribution < 1.29 is 13.2 Å². The van der Waals surface area contributed by atoms with Crippen molar-refractivity contribution in [3.63, 3.8) is 0 Å². The SMILES string of the molecule is FC(F)(F)c1ccn(C/C=C/c2ccccc2)n1. The Bertz CT molecular complexity index is 527. The van der Waals surface area contributed by atoms with Gasteiger partial charge in [0.15, 0.2) is 5.69 Å². The van der Waals surface area contributed by atoms with Crippen LogP contribution in [0.25, 0.3) is 6.08 Å². The molecule has 0 aliphatic heterocycles. The van der Waals surface area contributed by atoms with Crippen LogP contribution in [0.15, 0.2) is 48.7 Å². The van der Waals surface area contributed by atoms with Crippen molar-refractivity contribution in [1.82, 2.24) is 9.78 Å². The summed E-state index contributed by atoms with van der Waals surface area (Å²) in [5.74, 6) is 0. The van der Waals surface area contributed by atoms with Gasteiger partial charge in [-0.3, -0.25) is 4.68 Å². The first-order chi connectivity index (χ1) is 8.55. The van der Waals surface area contributed by atoms with Crippen molar-refractivity contribution in [3.05, 3.63) is 59.9 Å². The predicted molar refractivity (Wildman–Crippen MR) is 62.7 cm³/mol. The largest absolute Gasteiger partial charge is 0.435 e. The van der Waals surface area contributed by atoms with Crippen LogP contribution < -0.4 is 0 Å². The topological polar surface area (TPSA) is 17.8 Å². The van der Waals surface area contributed by atoms with E-state index in [1.54, 1.807) is 6.08 Å². The van der Waals surface area contributed by atoms with Gasteiger partial charge in [0.05, 0.1) is 6.54 Å². The predicted octanol–water partition coefficient (Wildman–Crippen LogP) is 3.62. The number of hydrogen-bond acceptors (Lipinski definition) is 1. The molecule has 0 atom stereocenters. The Kier molecular flexibility index (Phi) is 3.50. The zero-order chi connectivity index (χ0) is 13.0. The minimum absolute atomic E-state index is 0.310. The number of hydrogen-bond donors (Lipinski definition) is 0. The van der Waals surface area contributed by atoms with E-state index in [1.807, 2.05) is 36.4 Å². The molecule has 2 rings (SSSR count). The van der Waals surface area contributed by atoms with E-state index in [1.165, 1.54) is 10.9 Å². The third-order valence-electron chi connectivity index (χ3n) is 2.33. The molecular formula is C13H11F3N2. The molecule has 0 saturated carbocycles. The van der Waals surface area contributed by atoms with E-state index < -0.39 is 11.9 Å². The molecule has 0 spiro atoms. The lowest BCUT2D eigenvalue weighted by Gasteiger charge is -2.00. The summed E-state index contributed by atoms with van der Waals surface area (Å²) in [7, 11) is 0. The van der Waals surface area contributed by atoms with Gasteiger partial charge in [-0.25, -0.2) is 0 Å². The fourth-order valence-electron chi connectivity index (χ4n) is 1.48. The Hall–Kier alpha value is -2.04. The summed E-state index contributed by atoms with van der Waals surface area (Å²) in [4.78, 5) is 0. The summed E-state index contributed by atoms with van der Waals surface area (Å²) >= 11 is 0. The average Bonchev–Trinajstić information content (AvgIpc) is 2.79. The number of nitrogens with zero attached hydrogens (tertiary/aromatic N) is 2. The van der Waals surface area contributed by atoms with Crippen LogP contribution in [0.3, 0.4) is 0 Å². The van der Waals surface area contributed by atoms with Crippen molar-refractivity contribution in [1.29, 1.82) is 0 Å². The molecule has 94 valence electrons. The molecule has 0 fully saturated rings. The van der Waals surface area contributed by atoms with E-state index in [0.717, 1.165) is 11.6 Å². The second kappa shape index (κ2) is 5.08. The lowest BCUT2D eigenvalue weighted by Crippen LogP contribution is -2.07. The molecule has 0 aliphatic rings. The second-order valence-electron chi connectivity index (χ2n) is 3.73. The summed E-state index contributed by atoms with van der Waals surface area (Å²) in [6, 6.07) is 10.5. The maximum Gasteiger partial charge on any atom is 0.435 e. The monoisotopic (exact) mass is 252 g/mol. The number of halogens is 3. The van der Waals surface area contributed by atoms with Gasteiger partial charge in [-0.2, -0.15) is 18.3 Å². The number of benzene rings is 1. The van der Waals surface area contributed by atoms with Crippen LogP contribution >= 0.6 is 0 Å². The molecule has 1 aromatic carbocycles. The van der Waals surface area contributed by atoms with Gasteiger partial charge in [0, 0.05) is 6.20 Å². The number of aromatic nitrogens is 2. The van der Waals surface area contributed by atoms with Crippen molar-refractivity contribution in [2.45, 2.75) is 12.7 Å². The molecule has 0 unspecified atom stereocenters. The standard InChI is InChI=1S/C13H11F3N2/c14-13(15,16)12-8-10-18(17-12)9-4-7-11-5-2-1-3-6-11/h1-8,10H,9H2/b7-4+. The first-order valence-corrected chi connectivity index (χ1v) is 5.38. The quantitative estimate of drug-likeness (QED) is 0.815. The van der Waals surface area contributed by atoms with Crippen LogP contribution in [0.2, 0.25) is 0 Å². The highest BCUT2D eigenvalue weighted by molar-refractivity contribution is 5.48. The highest BCUT2D eigenvalue weighted by Gasteiger charge is 2.33. The molecule has 0 N–H and O–H groups in total. The fraction of sp³-hybridized carbons (Fsp3) is 0.154. The van der Waals surface area contributed by atoms with Crippen LogP contribution in [0.5, 0.6) is 0 Å². The first-order valence-electron chi connectivity index (χ1n) is 5.38. The molecule has 0 aliphatic carbocycles. The number of allylic oxidation sites excluding steroid dienone is 1. The molecule has 0 bridgehead atoms. The van der Waals surface area contributed by atoms with Gasteiger partial charge < -0.3 is 0 Å². The van der Waals surface area contributed by atoms with Gasteiger partial charge in [0.1, 0.15) is 0 Å². The Morgan fingerprint density at radius 1 is 1.11 bits per heavy atom. The van der Waals surface area contributed by atoms with E-state index in [-0.39, 0.29) is 0 Å². The minimum Gasteiger partial charge on any atom is -0.268 e. The molecule has 2 aromatic rings. The molecule has 5 heteroatoms. The smallest absolute Gasteiger partial charge is 0.268 e. The molecule has 0 radical (unpaired) electrons. The Morgan fingerprint density at radius 2 is 1.83 bits per heavy atom. The third-order valence-corrected chi connectivity index (χ3v) is 2.33. The van der Waals surface area contributed by atoms with Gasteiger partial charge >= 0.3 is 6.18 Å². The Labute approximate surface area is 102 Å². The molecule has 1 heterocycles. The minimum atomic E-state index is -4.38. The van der Waals surface area contributed by atoms with E-state index in [9.17, 15) is 13.2 Å². The summed E-state index contributed by atoms with van der Waals surface area (Å²) in [5.41, 5.74) is 0.135.